The number of hydrogen-bond acceptors (Lipinski definition) is 3. The Balaban J connectivity index is 3.13. The summed E-state index contributed by atoms with van der Waals surface area (Å²) in [5, 5.41) is 8.78. The van der Waals surface area contributed by atoms with E-state index in [0.717, 1.165) is 19.3 Å². The van der Waals surface area contributed by atoms with E-state index in [9.17, 15) is 4.79 Å². The summed E-state index contributed by atoms with van der Waals surface area (Å²) < 4.78 is 5.43. The first-order chi connectivity index (χ1) is 18.8. The minimum atomic E-state index is 0.0196. The van der Waals surface area contributed by atoms with Gasteiger partial charge in [0.05, 0.1) is 6.61 Å². The van der Waals surface area contributed by atoms with Crippen LogP contribution in [-0.2, 0) is 9.53 Å². The zero-order valence-corrected chi connectivity index (χ0v) is 26.1. The molecule has 0 aliphatic carbocycles. The average Bonchev–Trinajstić information content (AvgIpc) is 2.92. The fraction of sp³-hybridized carbons (Fsp3) is 0.971. The SMILES string of the molecule is CCCCCCCCCCCCCCCC(=O)OCCCCCCCCCCCCCCCCCCCO. The molecule has 0 aromatic heterocycles. The predicted octanol–water partition coefficient (Wildman–Crippen LogP) is 11.6. The van der Waals surface area contributed by atoms with Crippen molar-refractivity contribution in [3.05, 3.63) is 0 Å². The van der Waals surface area contributed by atoms with Crippen molar-refractivity contribution in [1.82, 2.24) is 0 Å². The predicted molar refractivity (Wildman–Crippen MR) is 167 cm³/mol. The summed E-state index contributed by atoms with van der Waals surface area (Å²) in [4.78, 5) is 11.9. The first-order valence-corrected chi connectivity index (χ1v) is 17.6. The van der Waals surface area contributed by atoms with Gasteiger partial charge in [0, 0.05) is 13.0 Å². The Morgan fingerprint density at radius 1 is 0.421 bits per heavy atom. The number of unbranched alkanes of at least 4 members (excludes halogenated alkanes) is 28. The number of carbonyl (C=O) groups is 1. The minimum absolute atomic E-state index is 0.0196. The highest BCUT2D eigenvalue weighted by atomic mass is 16.5. The lowest BCUT2D eigenvalue weighted by molar-refractivity contribution is -0.143. The molecular weight excluding hydrogens is 468 g/mol. The normalized spacial score (nSPS) is 11.3. The van der Waals surface area contributed by atoms with Crippen LogP contribution in [-0.4, -0.2) is 24.3 Å². The lowest BCUT2D eigenvalue weighted by Gasteiger charge is -2.06. The maximum atomic E-state index is 11.9. The van der Waals surface area contributed by atoms with E-state index in [0.29, 0.717) is 19.6 Å². The van der Waals surface area contributed by atoms with Crippen LogP contribution in [0.15, 0.2) is 0 Å². The molecule has 3 nitrogen and oxygen atoms in total. The highest BCUT2D eigenvalue weighted by molar-refractivity contribution is 5.69. The Kier molecular flexibility index (Phi) is 33.9. The van der Waals surface area contributed by atoms with Gasteiger partial charge in [-0.25, -0.2) is 0 Å². The first-order valence-electron chi connectivity index (χ1n) is 17.6. The number of hydrogen-bond donors (Lipinski definition) is 1. The largest absolute Gasteiger partial charge is 0.466 e. The lowest BCUT2D eigenvalue weighted by atomic mass is 10.0. The van der Waals surface area contributed by atoms with Crippen LogP contribution in [0.1, 0.15) is 206 Å². The summed E-state index contributed by atoms with van der Waals surface area (Å²) in [7, 11) is 0. The van der Waals surface area contributed by atoms with Crippen LogP contribution in [0, 0.1) is 0 Å². The fourth-order valence-electron chi connectivity index (χ4n) is 5.41. The molecule has 3 heteroatoms. The van der Waals surface area contributed by atoms with E-state index in [1.807, 2.05) is 0 Å². The third-order valence-electron chi connectivity index (χ3n) is 8.05. The highest BCUT2D eigenvalue weighted by Gasteiger charge is 2.03. The molecule has 0 spiro atoms. The molecule has 1 N–H and O–H groups in total. The van der Waals surface area contributed by atoms with Gasteiger partial charge >= 0.3 is 5.97 Å². The third-order valence-corrected chi connectivity index (χ3v) is 8.05. The maximum absolute atomic E-state index is 11.9. The molecule has 0 saturated carbocycles. The number of aliphatic hydroxyl groups excluding tert-OH is 1. The van der Waals surface area contributed by atoms with Crippen molar-refractivity contribution in [2.75, 3.05) is 13.2 Å². The van der Waals surface area contributed by atoms with Crippen LogP contribution in [0.2, 0.25) is 0 Å². The Bertz CT molecular complexity index is 437. The number of esters is 1. The van der Waals surface area contributed by atoms with E-state index < -0.39 is 0 Å². The van der Waals surface area contributed by atoms with Gasteiger partial charge in [0.2, 0.25) is 0 Å². The van der Waals surface area contributed by atoms with Gasteiger partial charge in [-0.1, -0.05) is 180 Å². The molecular formula is C35H70O3. The highest BCUT2D eigenvalue weighted by Crippen LogP contribution is 2.15. The first kappa shape index (κ1) is 37.4. The maximum Gasteiger partial charge on any atom is 0.305 e. The number of rotatable bonds is 33. The van der Waals surface area contributed by atoms with Crippen molar-refractivity contribution in [3.63, 3.8) is 0 Å². The molecule has 38 heavy (non-hydrogen) atoms. The van der Waals surface area contributed by atoms with Gasteiger partial charge < -0.3 is 9.84 Å². The van der Waals surface area contributed by atoms with E-state index in [1.54, 1.807) is 0 Å². The molecule has 0 aromatic carbocycles. The van der Waals surface area contributed by atoms with Crippen LogP contribution < -0.4 is 0 Å². The van der Waals surface area contributed by atoms with Crippen LogP contribution in [0.25, 0.3) is 0 Å². The van der Waals surface area contributed by atoms with E-state index in [2.05, 4.69) is 6.92 Å². The zero-order valence-electron chi connectivity index (χ0n) is 26.1. The Hall–Kier alpha value is -0.570. The van der Waals surface area contributed by atoms with Crippen LogP contribution in [0.4, 0.5) is 0 Å². The monoisotopic (exact) mass is 539 g/mol. The summed E-state index contributed by atoms with van der Waals surface area (Å²) in [5.41, 5.74) is 0. The van der Waals surface area contributed by atoms with E-state index in [-0.39, 0.29) is 5.97 Å². The zero-order chi connectivity index (χ0) is 27.6. The molecule has 0 atom stereocenters. The molecule has 0 amide bonds. The van der Waals surface area contributed by atoms with Gasteiger partial charge in [-0.05, 0) is 19.3 Å². The summed E-state index contributed by atoms with van der Waals surface area (Å²) in [6.45, 7) is 3.26. The van der Waals surface area contributed by atoms with Gasteiger partial charge in [-0.15, -0.1) is 0 Å². The standard InChI is InChI=1S/C35H70O3/c1-2-3-4-5-6-7-8-14-17-20-23-26-29-32-35(37)38-34-31-28-25-22-19-16-13-11-9-10-12-15-18-21-24-27-30-33-36/h36H,2-34H2,1H3. The minimum Gasteiger partial charge on any atom is -0.466 e. The molecule has 0 unspecified atom stereocenters. The third kappa shape index (κ3) is 33.5. The smallest absolute Gasteiger partial charge is 0.305 e. The van der Waals surface area contributed by atoms with Crippen LogP contribution >= 0.6 is 0 Å². The van der Waals surface area contributed by atoms with Crippen LogP contribution in [0.3, 0.4) is 0 Å². The van der Waals surface area contributed by atoms with Crippen molar-refractivity contribution < 1.29 is 14.6 Å². The molecule has 0 aliphatic heterocycles. The second-order valence-corrected chi connectivity index (χ2v) is 11.9. The molecule has 0 heterocycles. The topological polar surface area (TPSA) is 46.5 Å². The van der Waals surface area contributed by atoms with Gasteiger partial charge in [0.25, 0.3) is 0 Å². The van der Waals surface area contributed by atoms with Gasteiger partial charge in [0.1, 0.15) is 0 Å². The molecule has 0 fully saturated rings. The summed E-state index contributed by atoms with van der Waals surface area (Å²) in [6.07, 6.45) is 40.3. The summed E-state index contributed by atoms with van der Waals surface area (Å²) in [6, 6.07) is 0. The number of carbonyl (C=O) groups excluding carboxylic acids is 1. The average molecular weight is 539 g/mol. The second kappa shape index (κ2) is 34.5. The summed E-state index contributed by atoms with van der Waals surface area (Å²) >= 11 is 0. The van der Waals surface area contributed by atoms with Crippen molar-refractivity contribution in [1.29, 1.82) is 0 Å². The molecule has 0 aromatic rings. The van der Waals surface area contributed by atoms with E-state index in [1.165, 1.54) is 173 Å². The number of aliphatic hydroxyl groups is 1. The molecule has 0 radical (unpaired) electrons. The fourth-order valence-corrected chi connectivity index (χ4v) is 5.41. The van der Waals surface area contributed by atoms with E-state index in [4.69, 9.17) is 9.84 Å². The Morgan fingerprint density at radius 3 is 1.05 bits per heavy atom. The number of ether oxygens (including phenoxy) is 1. The van der Waals surface area contributed by atoms with Gasteiger partial charge in [-0.3, -0.25) is 4.79 Å². The Labute approximate surface area is 239 Å². The molecule has 0 bridgehead atoms. The molecule has 228 valence electrons. The molecule has 0 rings (SSSR count). The summed E-state index contributed by atoms with van der Waals surface area (Å²) in [5.74, 6) is 0.0196. The van der Waals surface area contributed by atoms with Crippen LogP contribution in [0.5, 0.6) is 0 Å². The van der Waals surface area contributed by atoms with Crippen molar-refractivity contribution in [2.45, 2.75) is 206 Å². The van der Waals surface area contributed by atoms with Crippen molar-refractivity contribution in [2.24, 2.45) is 0 Å². The van der Waals surface area contributed by atoms with Crippen molar-refractivity contribution >= 4 is 5.97 Å². The lowest BCUT2D eigenvalue weighted by Crippen LogP contribution is -2.05. The molecule has 0 saturated heterocycles. The Morgan fingerprint density at radius 2 is 0.711 bits per heavy atom. The molecule has 0 aliphatic rings. The second-order valence-electron chi connectivity index (χ2n) is 11.9. The van der Waals surface area contributed by atoms with Gasteiger partial charge in [-0.2, -0.15) is 0 Å². The van der Waals surface area contributed by atoms with E-state index >= 15 is 0 Å². The van der Waals surface area contributed by atoms with Crippen molar-refractivity contribution in [3.8, 4) is 0 Å². The van der Waals surface area contributed by atoms with Gasteiger partial charge in [0.15, 0.2) is 0 Å². The quantitative estimate of drug-likeness (QED) is 0.0667.